The summed E-state index contributed by atoms with van der Waals surface area (Å²) in [6.45, 7) is 1.73. The van der Waals surface area contributed by atoms with Crippen LogP contribution in [0, 0.1) is 17.1 Å². The van der Waals surface area contributed by atoms with Crippen molar-refractivity contribution in [2.75, 3.05) is 19.7 Å². The molecule has 1 fully saturated rings. The largest absolute Gasteiger partial charge is 0.371 e. The lowest BCUT2D eigenvalue weighted by molar-refractivity contribution is -0.0387. The monoisotopic (exact) mass is 296 g/mol. The molecule has 0 bridgehead atoms. The van der Waals surface area contributed by atoms with E-state index in [9.17, 15) is 9.65 Å². The lowest BCUT2D eigenvalue weighted by atomic mass is 10.0. The first-order valence-corrected chi connectivity index (χ1v) is 7.34. The molecule has 22 heavy (non-hydrogen) atoms. The van der Waals surface area contributed by atoms with E-state index in [-0.39, 0.29) is 11.9 Å². The summed E-state index contributed by atoms with van der Waals surface area (Å²) in [5, 5.41) is 9.51. The second kappa shape index (κ2) is 6.69. The Balaban J connectivity index is 1.82. The maximum Gasteiger partial charge on any atom is 0.129 e. The van der Waals surface area contributed by atoms with Crippen LogP contribution in [0.1, 0.15) is 23.3 Å². The fourth-order valence-corrected chi connectivity index (χ4v) is 2.82. The number of benzene rings is 2. The summed E-state index contributed by atoms with van der Waals surface area (Å²) in [5.74, 6) is -0.336. The molecule has 1 aliphatic rings. The van der Waals surface area contributed by atoms with Gasteiger partial charge in [-0.25, -0.2) is 4.39 Å². The van der Waals surface area contributed by atoms with Crippen LogP contribution in [-0.2, 0) is 4.74 Å². The first-order chi connectivity index (χ1) is 10.8. The molecule has 0 saturated carbocycles. The second-order valence-corrected chi connectivity index (χ2v) is 5.32. The molecule has 0 amide bonds. The summed E-state index contributed by atoms with van der Waals surface area (Å²) in [7, 11) is 0. The molecule has 3 nitrogen and oxygen atoms in total. The molecule has 1 aliphatic heterocycles. The molecule has 2 atom stereocenters. The van der Waals surface area contributed by atoms with Crippen LogP contribution in [0.4, 0.5) is 4.39 Å². The van der Waals surface area contributed by atoms with Crippen LogP contribution < -0.4 is 0 Å². The summed E-state index contributed by atoms with van der Waals surface area (Å²) in [6, 6.07) is 18.0. The van der Waals surface area contributed by atoms with Gasteiger partial charge in [0.1, 0.15) is 11.9 Å². The van der Waals surface area contributed by atoms with Gasteiger partial charge in [-0.05, 0) is 11.6 Å². The molecule has 0 aliphatic carbocycles. The van der Waals surface area contributed by atoms with Crippen molar-refractivity contribution in [2.45, 2.75) is 12.1 Å². The van der Waals surface area contributed by atoms with Crippen molar-refractivity contribution in [1.29, 1.82) is 5.26 Å². The average Bonchev–Trinajstić information content (AvgIpc) is 2.58. The number of rotatable bonds is 3. The van der Waals surface area contributed by atoms with E-state index in [0.717, 1.165) is 5.56 Å². The molecule has 0 N–H and O–H groups in total. The van der Waals surface area contributed by atoms with Gasteiger partial charge in [0, 0.05) is 18.7 Å². The van der Waals surface area contributed by atoms with E-state index in [4.69, 9.17) is 4.74 Å². The minimum Gasteiger partial charge on any atom is -0.371 e. The van der Waals surface area contributed by atoms with E-state index in [1.54, 1.807) is 18.2 Å². The lowest BCUT2D eigenvalue weighted by Crippen LogP contribution is -2.40. The van der Waals surface area contributed by atoms with E-state index in [2.05, 4.69) is 6.07 Å². The van der Waals surface area contributed by atoms with Crippen molar-refractivity contribution in [3.8, 4) is 6.07 Å². The number of morpholine rings is 1. The highest BCUT2D eigenvalue weighted by atomic mass is 19.1. The van der Waals surface area contributed by atoms with Crippen molar-refractivity contribution in [3.63, 3.8) is 0 Å². The summed E-state index contributed by atoms with van der Waals surface area (Å²) < 4.78 is 19.8. The second-order valence-electron chi connectivity index (χ2n) is 5.32. The van der Waals surface area contributed by atoms with Crippen LogP contribution in [0.25, 0.3) is 0 Å². The van der Waals surface area contributed by atoms with Gasteiger partial charge >= 0.3 is 0 Å². The number of ether oxygens (including phenoxy) is 1. The highest BCUT2D eigenvalue weighted by Crippen LogP contribution is 2.29. The fraction of sp³-hybridized carbons (Fsp3) is 0.278. The third-order valence-electron chi connectivity index (χ3n) is 3.96. The molecular weight excluding hydrogens is 279 g/mol. The Hall–Kier alpha value is -2.22. The Kier molecular flexibility index (Phi) is 4.47. The molecule has 1 saturated heterocycles. The normalized spacial score (nSPS) is 20.3. The minimum atomic E-state index is -0.587. The molecule has 4 heteroatoms. The summed E-state index contributed by atoms with van der Waals surface area (Å²) in [4.78, 5) is 1.99. The highest BCUT2D eigenvalue weighted by molar-refractivity contribution is 5.26. The van der Waals surface area contributed by atoms with Gasteiger partial charge in [-0.1, -0.05) is 48.5 Å². The molecule has 0 aromatic heterocycles. The van der Waals surface area contributed by atoms with Crippen molar-refractivity contribution < 1.29 is 9.13 Å². The van der Waals surface area contributed by atoms with Gasteiger partial charge in [0.05, 0.1) is 18.8 Å². The van der Waals surface area contributed by atoms with Gasteiger partial charge in [0.15, 0.2) is 0 Å². The Morgan fingerprint density at radius 2 is 1.86 bits per heavy atom. The number of hydrogen-bond donors (Lipinski definition) is 0. The van der Waals surface area contributed by atoms with E-state index in [1.807, 2.05) is 35.2 Å². The van der Waals surface area contributed by atoms with Crippen LogP contribution >= 0.6 is 0 Å². The SMILES string of the molecule is N#C[C@@H](c1ccccc1F)N1CCO[C@@H](c2ccccc2)C1. The number of hydrogen-bond acceptors (Lipinski definition) is 3. The standard InChI is InChI=1S/C18H17FN2O/c19-16-9-5-4-8-15(16)17(12-20)21-10-11-22-18(13-21)14-6-2-1-3-7-14/h1-9,17-18H,10-11,13H2/t17-,18+/m0/s1. The van der Waals surface area contributed by atoms with Gasteiger partial charge in [-0.3, -0.25) is 4.90 Å². The van der Waals surface area contributed by atoms with Gasteiger partial charge in [0.25, 0.3) is 0 Å². The van der Waals surface area contributed by atoms with Crippen LogP contribution in [-0.4, -0.2) is 24.6 Å². The predicted molar refractivity (Wildman–Crippen MR) is 81.5 cm³/mol. The summed E-state index contributed by atoms with van der Waals surface area (Å²) >= 11 is 0. The molecular formula is C18H17FN2O. The average molecular weight is 296 g/mol. The third kappa shape index (κ3) is 3.01. The smallest absolute Gasteiger partial charge is 0.129 e. The topological polar surface area (TPSA) is 36.3 Å². The Morgan fingerprint density at radius 1 is 1.14 bits per heavy atom. The number of halogens is 1. The van der Waals surface area contributed by atoms with Gasteiger partial charge in [-0.2, -0.15) is 5.26 Å². The first kappa shape index (κ1) is 14.7. The molecule has 2 aromatic rings. The van der Waals surface area contributed by atoms with Crippen LogP contribution in [0.15, 0.2) is 54.6 Å². The lowest BCUT2D eigenvalue weighted by Gasteiger charge is -2.35. The van der Waals surface area contributed by atoms with E-state index in [0.29, 0.717) is 25.3 Å². The van der Waals surface area contributed by atoms with Crippen molar-refractivity contribution in [2.24, 2.45) is 0 Å². The van der Waals surface area contributed by atoms with E-state index >= 15 is 0 Å². The van der Waals surface area contributed by atoms with Crippen LogP contribution in [0.3, 0.4) is 0 Å². The van der Waals surface area contributed by atoms with E-state index in [1.165, 1.54) is 6.07 Å². The van der Waals surface area contributed by atoms with E-state index < -0.39 is 6.04 Å². The van der Waals surface area contributed by atoms with Gasteiger partial charge in [0.2, 0.25) is 0 Å². The quantitative estimate of drug-likeness (QED) is 0.870. The zero-order chi connectivity index (χ0) is 15.4. The molecule has 1 heterocycles. The molecule has 0 unspecified atom stereocenters. The highest BCUT2D eigenvalue weighted by Gasteiger charge is 2.29. The van der Waals surface area contributed by atoms with Crippen LogP contribution in [0.5, 0.6) is 0 Å². The zero-order valence-electron chi connectivity index (χ0n) is 12.2. The molecule has 3 rings (SSSR count). The molecule has 0 spiro atoms. The van der Waals surface area contributed by atoms with Gasteiger partial charge < -0.3 is 4.74 Å². The molecule has 112 valence electrons. The minimum absolute atomic E-state index is 0.0856. The van der Waals surface area contributed by atoms with Crippen molar-refractivity contribution in [3.05, 3.63) is 71.5 Å². The van der Waals surface area contributed by atoms with Crippen LogP contribution in [0.2, 0.25) is 0 Å². The summed E-state index contributed by atoms with van der Waals surface area (Å²) in [5.41, 5.74) is 1.51. The Bertz CT molecular complexity index is 668. The Morgan fingerprint density at radius 3 is 2.59 bits per heavy atom. The molecule has 0 radical (unpaired) electrons. The molecule has 2 aromatic carbocycles. The number of nitrogens with zero attached hydrogens (tertiary/aromatic N) is 2. The predicted octanol–water partition coefficient (Wildman–Crippen LogP) is 3.46. The maximum atomic E-state index is 14.0. The third-order valence-corrected chi connectivity index (χ3v) is 3.96. The van der Waals surface area contributed by atoms with Crippen molar-refractivity contribution >= 4 is 0 Å². The first-order valence-electron chi connectivity index (χ1n) is 7.34. The maximum absolute atomic E-state index is 14.0. The fourth-order valence-electron chi connectivity index (χ4n) is 2.82. The van der Waals surface area contributed by atoms with Crippen molar-refractivity contribution in [1.82, 2.24) is 4.90 Å². The van der Waals surface area contributed by atoms with Gasteiger partial charge in [-0.15, -0.1) is 0 Å². The Labute approximate surface area is 129 Å². The zero-order valence-corrected chi connectivity index (χ0v) is 12.2. The number of nitriles is 1. The summed E-state index contributed by atoms with van der Waals surface area (Å²) in [6.07, 6.45) is -0.0856.